The van der Waals surface area contributed by atoms with E-state index in [0.717, 1.165) is 36.8 Å². The van der Waals surface area contributed by atoms with Gasteiger partial charge in [0.05, 0.1) is 12.1 Å². The number of primary amides is 1. The van der Waals surface area contributed by atoms with Crippen molar-refractivity contribution in [2.45, 2.75) is 25.6 Å². The molecule has 1 aromatic heterocycles. The molecule has 5 heteroatoms. The molecule has 0 aliphatic carbocycles. The fourth-order valence-corrected chi connectivity index (χ4v) is 2.27. The first-order valence-electron chi connectivity index (χ1n) is 6.44. The molecule has 100 valence electrons. The van der Waals surface area contributed by atoms with Gasteiger partial charge in [0, 0.05) is 23.6 Å². The molecule has 1 unspecified atom stereocenters. The first-order chi connectivity index (χ1) is 9.24. The Bertz CT molecular complexity index is 600. The highest BCUT2D eigenvalue weighted by molar-refractivity contribution is 5.96. The summed E-state index contributed by atoms with van der Waals surface area (Å²) in [4.78, 5) is 17.0. The summed E-state index contributed by atoms with van der Waals surface area (Å²) < 4.78 is 7.19. The van der Waals surface area contributed by atoms with Gasteiger partial charge in [0.15, 0.2) is 0 Å². The van der Waals surface area contributed by atoms with E-state index in [-0.39, 0.29) is 6.29 Å². The summed E-state index contributed by atoms with van der Waals surface area (Å²) in [5, 5.41) is 1.00. The molecule has 1 aromatic carbocycles. The minimum Gasteiger partial charge on any atom is -0.382 e. The molecule has 1 amide bonds. The molecule has 1 aliphatic heterocycles. The zero-order valence-corrected chi connectivity index (χ0v) is 10.5. The van der Waals surface area contributed by atoms with Crippen molar-refractivity contribution in [2.24, 2.45) is 5.73 Å². The second-order valence-corrected chi connectivity index (χ2v) is 4.68. The fourth-order valence-electron chi connectivity index (χ4n) is 2.27. The number of ether oxygens (including phenoxy) is 1. The average molecular weight is 260 g/mol. The summed E-state index contributed by atoms with van der Waals surface area (Å²) in [6.07, 6.45) is 4.68. The maximum absolute atomic E-state index is 11.2. The van der Waals surface area contributed by atoms with E-state index in [1.54, 1.807) is 16.9 Å². The zero-order chi connectivity index (χ0) is 13.2. The first kappa shape index (κ1) is 12.0. The lowest BCUT2D eigenvalue weighted by atomic mass is 10.1. The lowest BCUT2D eigenvalue weighted by Gasteiger charge is -2.23. The minimum atomic E-state index is -0.441. The highest BCUT2D eigenvalue weighted by Gasteiger charge is 2.16. The number of nitrogens with two attached hydrogens (primary N) is 1. The van der Waals surface area contributed by atoms with E-state index in [0.29, 0.717) is 5.56 Å². The molecule has 2 aromatic rings. The number of amides is 1. The predicted octanol–water partition coefficient (Wildman–Crippen LogP) is 1.70. The van der Waals surface area contributed by atoms with E-state index in [2.05, 4.69) is 0 Å². The molecular weight excluding hydrogens is 244 g/mol. The highest BCUT2D eigenvalue weighted by atomic mass is 16.8. The van der Waals surface area contributed by atoms with Crippen LogP contribution in [0.5, 0.6) is 0 Å². The van der Waals surface area contributed by atoms with Gasteiger partial charge in [-0.25, -0.2) is 0 Å². The van der Waals surface area contributed by atoms with E-state index in [1.807, 2.05) is 18.3 Å². The van der Waals surface area contributed by atoms with E-state index in [1.165, 1.54) is 0 Å². The Morgan fingerprint density at radius 1 is 1.37 bits per heavy atom. The maximum Gasteiger partial charge on any atom is 0.248 e. The predicted molar refractivity (Wildman–Crippen MR) is 70.6 cm³/mol. The third-order valence-electron chi connectivity index (χ3n) is 3.31. The Morgan fingerprint density at radius 2 is 2.26 bits per heavy atom. The zero-order valence-electron chi connectivity index (χ0n) is 10.5. The van der Waals surface area contributed by atoms with Crippen LogP contribution in [-0.2, 0) is 4.74 Å². The van der Waals surface area contributed by atoms with Crippen molar-refractivity contribution in [3.63, 3.8) is 0 Å². The fraction of sp³-hybridized carbons (Fsp3) is 0.357. The number of hydrogen-bond donors (Lipinski definition) is 1. The number of fused-ring (bicyclic) bond motifs is 1. The lowest BCUT2D eigenvalue weighted by molar-refractivity contribution is -0.161. The van der Waals surface area contributed by atoms with Crippen molar-refractivity contribution in [1.29, 1.82) is 0 Å². The summed E-state index contributed by atoms with van der Waals surface area (Å²) in [7, 11) is 0. The van der Waals surface area contributed by atoms with Crippen LogP contribution < -0.4 is 10.6 Å². The standard InChI is InChI=1S/C14H16N2O3/c15-14(17)11-5-4-10-6-7-16(12(10)9-11)19-13-3-1-2-8-18-13/h4-7,9,13H,1-3,8H2,(H2,15,17). The highest BCUT2D eigenvalue weighted by Crippen LogP contribution is 2.19. The van der Waals surface area contributed by atoms with Crippen LogP contribution in [0.15, 0.2) is 30.5 Å². The normalized spacial score (nSPS) is 19.5. The van der Waals surface area contributed by atoms with Gasteiger partial charge in [-0.15, -0.1) is 0 Å². The second kappa shape index (κ2) is 4.93. The van der Waals surface area contributed by atoms with E-state index in [9.17, 15) is 4.79 Å². The van der Waals surface area contributed by atoms with Crippen LogP contribution in [0.25, 0.3) is 10.9 Å². The maximum atomic E-state index is 11.2. The van der Waals surface area contributed by atoms with Gasteiger partial charge in [-0.1, -0.05) is 6.07 Å². The van der Waals surface area contributed by atoms with Gasteiger partial charge in [0.1, 0.15) is 0 Å². The van der Waals surface area contributed by atoms with Crippen LogP contribution in [-0.4, -0.2) is 23.5 Å². The molecule has 0 bridgehead atoms. The third-order valence-corrected chi connectivity index (χ3v) is 3.31. The van der Waals surface area contributed by atoms with Gasteiger partial charge in [-0.05, 0) is 31.0 Å². The summed E-state index contributed by atoms with van der Waals surface area (Å²) in [5.74, 6) is -0.441. The largest absolute Gasteiger partial charge is 0.382 e. The molecule has 0 saturated carbocycles. The Hall–Kier alpha value is -2.01. The molecule has 1 atom stereocenters. The van der Waals surface area contributed by atoms with Crippen LogP contribution in [0, 0.1) is 0 Å². The van der Waals surface area contributed by atoms with Gasteiger partial charge < -0.3 is 15.3 Å². The van der Waals surface area contributed by atoms with Crippen LogP contribution in [0.3, 0.4) is 0 Å². The Labute approximate surface area is 110 Å². The van der Waals surface area contributed by atoms with E-state index >= 15 is 0 Å². The summed E-state index contributed by atoms with van der Waals surface area (Å²) in [5.41, 5.74) is 6.59. The minimum absolute atomic E-state index is 0.221. The summed E-state index contributed by atoms with van der Waals surface area (Å²) in [6, 6.07) is 7.24. The van der Waals surface area contributed by atoms with Gasteiger partial charge >= 0.3 is 0 Å². The molecule has 19 heavy (non-hydrogen) atoms. The Balaban J connectivity index is 1.89. The van der Waals surface area contributed by atoms with Crippen LogP contribution in [0.1, 0.15) is 29.6 Å². The number of hydrogen-bond acceptors (Lipinski definition) is 3. The van der Waals surface area contributed by atoms with Gasteiger partial charge in [-0.3, -0.25) is 4.79 Å². The number of nitrogens with zero attached hydrogens (tertiary/aromatic N) is 1. The van der Waals surface area contributed by atoms with Crippen molar-refractivity contribution in [1.82, 2.24) is 4.73 Å². The molecule has 2 N–H and O–H groups in total. The van der Waals surface area contributed by atoms with E-state index < -0.39 is 5.91 Å². The molecule has 1 saturated heterocycles. The Kier molecular flexibility index (Phi) is 3.13. The topological polar surface area (TPSA) is 66.5 Å². The molecule has 0 radical (unpaired) electrons. The van der Waals surface area contributed by atoms with Crippen molar-refractivity contribution in [2.75, 3.05) is 6.61 Å². The van der Waals surface area contributed by atoms with Crippen LogP contribution in [0.4, 0.5) is 0 Å². The van der Waals surface area contributed by atoms with Crippen molar-refractivity contribution in [3.05, 3.63) is 36.0 Å². The van der Waals surface area contributed by atoms with Crippen molar-refractivity contribution >= 4 is 16.8 Å². The molecule has 1 aliphatic rings. The summed E-state index contributed by atoms with van der Waals surface area (Å²) >= 11 is 0. The van der Waals surface area contributed by atoms with E-state index in [4.69, 9.17) is 15.3 Å². The number of carbonyl (C=O) groups is 1. The number of benzene rings is 1. The van der Waals surface area contributed by atoms with Gasteiger partial charge in [0.25, 0.3) is 0 Å². The first-order valence-corrected chi connectivity index (χ1v) is 6.44. The third kappa shape index (κ3) is 2.42. The quantitative estimate of drug-likeness (QED) is 0.913. The smallest absolute Gasteiger partial charge is 0.248 e. The van der Waals surface area contributed by atoms with Gasteiger partial charge in [-0.2, -0.15) is 4.73 Å². The van der Waals surface area contributed by atoms with Crippen molar-refractivity contribution < 1.29 is 14.4 Å². The summed E-state index contributed by atoms with van der Waals surface area (Å²) in [6.45, 7) is 0.733. The number of aromatic nitrogens is 1. The monoisotopic (exact) mass is 260 g/mol. The van der Waals surface area contributed by atoms with Gasteiger partial charge in [0.2, 0.25) is 12.2 Å². The molecule has 5 nitrogen and oxygen atoms in total. The lowest BCUT2D eigenvalue weighted by Crippen LogP contribution is -2.30. The number of rotatable bonds is 3. The molecular formula is C14H16N2O3. The van der Waals surface area contributed by atoms with Crippen LogP contribution >= 0.6 is 0 Å². The van der Waals surface area contributed by atoms with Crippen molar-refractivity contribution in [3.8, 4) is 0 Å². The molecule has 1 fully saturated rings. The molecule has 3 rings (SSSR count). The van der Waals surface area contributed by atoms with Crippen LogP contribution in [0.2, 0.25) is 0 Å². The Morgan fingerprint density at radius 3 is 3.00 bits per heavy atom. The second-order valence-electron chi connectivity index (χ2n) is 4.68. The molecule has 2 heterocycles. The average Bonchev–Trinajstić information content (AvgIpc) is 2.82. The SMILES string of the molecule is NC(=O)c1ccc2ccn(OC3CCCCO3)c2c1. The number of carbonyl (C=O) groups excluding carboxylic acids is 1. The molecule has 0 spiro atoms.